The molecule has 4 rings (SSSR count). The fraction of sp³-hybridized carbons (Fsp3) is 0.286. The van der Waals surface area contributed by atoms with Crippen LogP contribution in [0.3, 0.4) is 0 Å². The van der Waals surface area contributed by atoms with Crippen LogP contribution in [0.1, 0.15) is 26.6 Å². The summed E-state index contributed by atoms with van der Waals surface area (Å²) in [5.74, 6) is -0.367. The van der Waals surface area contributed by atoms with Gasteiger partial charge < -0.3 is 9.64 Å². The summed E-state index contributed by atoms with van der Waals surface area (Å²) in [5.41, 5.74) is 5.88. The van der Waals surface area contributed by atoms with Crippen LogP contribution in [0.2, 0.25) is 10.0 Å². The maximum Gasteiger partial charge on any atom is 0.282 e. The van der Waals surface area contributed by atoms with Crippen LogP contribution < -0.4 is 10.3 Å². The normalized spacial score (nSPS) is 13.8. The van der Waals surface area contributed by atoms with E-state index in [9.17, 15) is 10.1 Å². The molecule has 2 aromatic heterocycles. The van der Waals surface area contributed by atoms with Crippen LogP contribution in [-0.2, 0) is 4.74 Å². The van der Waals surface area contributed by atoms with Crippen molar-refractivity contribution < 1.29 is 9.53 Å². The molecule has 3 aromatic rings. The molecular formula is C21H19Cl2N5O2S. The molecule has 0 aliphatic carbocycles. The lowest BCUT2D eigenvalue weighted by Gasteiger charge is -2.27. The first kappa shape index (κ1) is 21.7. The van der Waals surface area contributed by atoms with Crippen molar-refractivity contribution >= 4 is 45.4 Å². The van der Waals surface area contributed by atoms with E-state index in [1.165, 1.54) is 16.1 Å². The summed E-state index contributed by atoms with van der Waals surface area (Å²) in [7, 11) is 0. The minimum absolute atomic E-state index is 0.367. The zero-order valence-electron chi connectivity index (χ0n) is 16.9. The number of benzene rings is 1. The molecular weight excluding hydrogens is 457 g/mol. The SMILES string of the molecule is Cc1cc(C)n(NC(=O)c2sc(N3CCOCC3)c(C#N)c2-c2ccc(Cl)cc2Cl)n1. The van der Waals surface area contributed by atoms with Crippen molar-refractivity contribution in [2.75, 3.05) is 36.6 Å². The van der Waals surface area contributed by atoms with Gasteiger partial charge in [-0.15, -0.1) is 11.3 Å². The van der Waals surface area contributed by atoms with Crippen molar-refractivity contribution in [2.24, 2.45) is 0 Å². The molecule has 1 aliphatic heterocycles. The van der Waals surface area contributed by atoms with Gasteiger partial charge in [-0.2, -0.15) is 15.2 Å². The van der Waals surface area contributed by atoms with Gasteiger partial charge in [-0.25, -0.2) is 5.43 Å². The van der Waals surface area contributed by atoms with Crippen molar-refractivity contribution in [2.45, 2.75) is 13.8 Å². The molecule has 31 heavy (non-hydrogen) atoms. The van der Waals surface area contributed by atoms with E-state index in [4.69, 9.17) is 27.9 Å². The zero-order chi connectivity index (χ0) is 22.1. The summed E-state index contributed by atoms with van der Waals surface area (Å²) in [5, 5.41) is 15.9. The summed E-state index contributed by atoms with van der Waals surface area (Å²) in [4.78, 5) is 17.2. The number of nitriles is 1. The van der Waals surface area contributed by atoms with Gasteiger partial charge in [0, 0.05) is 34.3 Å². The Morgan fingerprint density at radius 2 is 2.00 bits per heavy atom. The fourth-order valence-electron chi connectivity index (χ4n) is 3.51. The summed E-state index contributed by atoms with van der Waals surface area (Å²) in [6.45, 7) is 6.11. The molecule has 1 aromatic carbocycles. The van der Waals surface area contributed by atoms with Crippen LogP contribution in [0.4, 0.5) is 5.00 Å². The number of rotatable bonds is 4. The molecule has 160 valence electrons. The summed E-state index contributed by atoms with van der Waals surface area (Å²) < 4.78 is 5.44. The third-order valence-electron chi connectivity index (χ3n) is 4.92. The first-order valence-corrected chi connectivity index (χ1v) is 11.2. The molecule has 1 aliphatic rings. The number of aromatic nitrogens is 2. The maximum atomic E-state index is 13.3. The van der Waals surface area contributed by atoms with Crippen molar-refractivity contribution in [1.82, 2.24) is 9.89 Å². The number of carbonyl (C=O) groups excluding carboxylic acids is 1. The van der Waals surface area contributed by atoms with Crippen LogP contribution in [0.25, 0.3) is 11.1 Å². The Morgan fingerprint density at radius 3 is 2.61 bits per heavy atom. The molecule has 1 N–H and O–H groups in total. The van der Waals surface area contributed by atoms with Gasteiger partial charge in [0.1, 0.15) is 15.9 Å². The topological polar surface area (TPSA) is 83.2 Å². The number of amides is 1. The van der Waals surface area contributed by atoms with E-state index in [0.717, 1.165) is 16.4 Å². The molecule has 3 heterocycles. The summed E-state index contributed by atoms with van der Waals surface area (Å²) in [6, 6.07) is 9.19. The number of carbonyl (C=O) groups is 1. The quantitative estimate of drug-likeness (QED) is 0.594. The standard InChI is InChI=1S/C21H19Cl2N5O2S/c1-12-9-13(2)28(25-12)26-20(29)19-18(15-4-3-14(22)10-17(15)23)16(11-24)21(31-19)27-5-7-30-8-6-27/h3-4,9-10H,5-8H2,1-2H3,(H,26,29). The number of hydrogen-bond acceptors (Lipinski definition) is 6. The Bertz CT molecular complexity index is 1190. The molecule has 7 nitrogen and oxygen atoms in total. The van der Waals surface area contributed by atoms with Gasteiger partial charge in [0.25, 0.3) is 5.91 Å². The molecule has 0 saturated carbocycles. The number of halogens is 2. The highest BCUT2D eigenvalue weighted by molar-refractivity contribution is 7.19. The Balaban J connectivity index is 1.86. The number of hydrogen-bond donors (Lipinski definition) is 1. The van der Waals surface area contributed by atoms with E-state index in [2.05, 4.69) is 21.5 Å². The van der Waals surface area contributed by atoms with E-state index >= 15 is 0 Å². The van der Waals surface area contributed by atoms with E-state index in [1.807, 2.05) is 19.9 Å². The van der Waals surface area contributed by atoms with E-state index in [-0.39, 0.29) is 5.91 Å². The maximum absolute atomic E-state index is 13.3. The summed E-state index contributed by atoms with van der Waals surface area (Å²) >= 11 is 13.8. The lowest BCUT2D eigenvalue weighted by molar-refractivity contribution is 0.101. The van der Waals surface area contributed by atoms with Crippen LogP contribution in [0.15, 0.2) is 24.3 Å². The van der Waals surface area contributed by atoms with E-state index in [0.29, 0.717) is 57.9 Å². The van der Waals surface area contributed by atoms with Crippen molar-refractivity contribution in [3.05, 3.63) is 56.1 Å². The molecule has 1 fully saturated rings. The molecule has 0 unspecified atom stereocenters. The first-order valence-electron chi connectivity index (χ1n) is 9.58. The second-order valence-corrected chi connectivity index (χ2v) is 8.94. The monoisotopic (exact) mass is 475 g/mol. The molecule has 1 saturated heterocycles. The number of aryl methyl sites for hydroxylation is 2. The van der Waals surface area contributed by atoms with E-state index < -0.39 is 0 Å². The van der Waals surface area contributed by atoms with Gasteiger partial charge in [0.2, 0.25) is 0 Å². The number of thiophene rings is 1. The average molecular weight is 476 g/mol. The molecule has 0 radical (unpaired) electrons. The molecule has 0 atom stereocenters. The number of anilines is 1. The van der Waals surface area contributed by atoms with Crippen LogP contribution in [-0.4, -0.2) is 42.1 Å². The largest absolute Gasteiger partial charge is 0.378 e. The molecule has 10 heteroatoms. The smallest absolute Gasteiger partial charge is 0.282 e. The lowest BCUT2D eigenvalue weighted by atomic mass is 10.0. The van der Waals surface area contributed by atoms with Gasteiger partial charge in [0.15, 0.2) is 0 Å². The van der Waals surface area contributed by atoms with Crippen molar-refractivity contribution in [1.29, 1.82) is 5.26 Å². The highest BCUT2D eigenvalue weighted by Gasteiger charge is 2.29. The predicted octanol–water partition coefficient (Wildman–Crippen LogP) is 4.63. The summed E-state index contributed by atoms with van der Waals surface area (Å²) in [6.07, 6.45) is 0. The number of morpholine rings is 1. The number of nitrogens with one attached hydrogen (secondary N) is 1. The third kappa shape index (κ3) is 4.27. The predicted molar refractivity (Wildman–Crippen MR) is 123 cm³/mol. The number of ether oxygens (including phenoxy) is 1. The van der Waals surface area contributed by atoms with Gasteiger partial charge in [-0.05, 0) is 32.0 Å². The minimum Gasteiger partial charge on any atom is -0.378 e. The van der Waals surface area contributed by atoms with Crippen LogP contribution in [0.5, 0.6) is 0 Å². The Labute approximate surface area is 193 Å². The fourth-order valence-corrected chi connectivity index (χ4v) is 5.22. The zero-order valence-corrected chi connectivity index (χ0v) is 19.2. The minimum atomic E-state index is -0.367. The van der Waals surface area contributed by atoms with Crippen LogP contribution >= 0.6 is 34.5 Å². The highest BCUT2D eigenvalue weighted by Crippen LogP contribution is 2.44. The third-order valence-corrected chi connectivity index (χ3v) is 6.72. The van der Waals surface area contributed by atoms with E-state index in [1.54, 1.807) is 18.2 Å². The van der Waals surface area contributed by atoms with Gasteiger partial charge in [-0.1, -0.05) is 29.3 Å². The van der Waals surface area contributed by atoms with Gasteiger partial charge >= 0.3 is 0 Å². The molecule has 1 amide bonds. The van der Waals surface area contributed by atoms with Gasteiger partial charge in [-0.3, -0.25) is 4.79 Å². The van der Waals surface area contributed by atoms with Crippen molar-refractivity contribution in [3.63, 3.8) is 0 Å². The second-order valence-electron chi connectivity index (χ2n) is 7.10. The second kappa shape index (κ2) is 8.89. The van der Waals surface area contributed by atoms with Crippen molar-refractivity contribution in [3.8, 4) is 17.2 Å². The Hall–Kier alpha value is -2.57. The Morgan fingerprint density at radius 1 is 1.26 bits per heavy atom. The number of nitrogens with zero attached hydrogens (tertiary/aromatic N) is 4. The lowest BCUT2D eigenvalue weighted by Crippen LogP contribution is -2.36. The Kier molecular flexibility index (Phi) is 6.21. The van der Waals surface area contributed by atoms with Crippen LogP contribution in [0, 0.1) is 25.2 Å². The average Bonchev–Trinajstić information content (AvgIpc) is 3.28. The molecule has 0 spiro atoms. The molecule has 0 bridgehead atoms. The van der Waals surface area contributed by atoms with Gasteiger partial charge in [0.05, 0.1) is 30.2 Å². The first-order chi connectivity index (χ1) is 14.9. The highest BCUT2D eigenvalue weighted by atomic mass is 35.5.